The Kier molecular flexibility index (Phi) is 2.68. The molecule has 0 atom stereocenters. The van der Waals surface area contributed by atoms with E-state index in [1.807, 2.05) is 55.5 Å². The molecule has 2 aromatic carbocycles. The van der Waals surface area contributed by atoms with Crippen LogP contribution in [0.3, 0.4) is 0 Å². The fourth-order valence-corrected chi connectivity index (χ4v) is 2.69. The van der Waals surface area contributed by atoms with Crippen LogP contribution in [0.4, 0.5) is 0 Å². The minimum atomic E-state index is 0.0659. The lowest BCUT2D eigenvalue weighted by Gasteiger charge is -2.02. The van der Waals surface area contributed by atoms with E-state index < -0.39 is 0 Å². The van der Waals surface area contributed by atoms with E-state index in [1.54, 1.807) is 0 Å². The summed E-state index contributed by atoms with van der Waals surface area (Å²) in [6.07, 6.45) is 0. The van der Waals surface area contributed by atoms with Crippen LogP contribution < -0.4 is 4.74 Å². The van der Waals surface area contributed by atoms with Gasteiger partial charge in [-0.2, -0.15) is 0 Å². The highest BCUT2D eigenvalue weighted by Crippen LogP contribution is 2.22. The zero-order valence-electron chi connectivity index (χ0n) is 9.88. The maximum atomic E-state index is 12.0. The number of para-hydroxylation sites is 1. The summed E-state index contributed by atoms with van der Waals surface area (Å²) in [5.41, 5.74) is 2.96. The molecule has 0 saturated carbocycles. The number of fused-ring (bicyclic) bond motifs is 1. The predicted molar refractivity (Wildman–Crippen MR) is 76.1 cm³/mol. The van der Waals surface area contributed by atoms with Gasteiger partial charge in [0.1, 0.15) is 5.01 Å². The maximum absolute atomic E-state index is 12.0. The van der Waals surface area contributed by atoms with Gasteiger partial charge in [-0.05, 0) is 19.1 Å². The van der Waals surface area contributed by atoms with Crippen LogP contribution in [0.1, 0.15) is 5.56 Å². The van der Waals surface area contributed by atoms with Crippen LogP contribution in [0.2, 0.25) is 0 Å². The summed E-state index contributed by atoms with van der Waals surface area (Å²) in [5.74, 6) is 0. The summed E-state index contributed by atoms with van der Waals surface area (Å²) in [6, 6.07) is 15.5. The number of aromatic nitrogens is 1. The van der Waals surface area contributed by atoms with Crippen LogP contribution in [0.5, 0.6) is 0 Å². The molecular weight excluding hydrogens is 242 g/mol. The molecule has 0 fully saturated rings. The number of benzene rings is 2. The molecular formula is C15H11NOS. The van der Waals surface area contributed by atoms with Crippen molar-refractivity contribution in [2.45, 2.75) is 6.92 Å². The van der Waals surface area contributed by atoms with Gasteiger partial charge in [-0.3, -0.25) is 4.79 Å². The van der Waals surface area contributed by atoms with Gasteiger partial charge < -0.3 is 0 Å². The van der Waals surface area contributed by atoms with Crippen LogP contribution in [-0.2, 0) is 0 Å². The summed E-state index contributed by atoms with van der Waals surface area (Å²) < 4.78 is 0.0659. The SMILES string of the molecule is Cc1ccc(-c2nc3ccccc3c(=O)s2)cc1. The lowest BCUT2D eigenvalue weighted by Crippen LogP contribution is -1.98. The quantitative estimate of drug-likeness (QED) is 0.663. The number of nitrogens with zero attached hydrogens (tertiary/aromatic N) is 1. The third-order valence-electron chi connectivity index (χ3n) is 2.83. The van der Waals surface area contributed by atoms with Gasteiger partial charge >= 0.3 is 0 Å². The minimum Gasteiger partial charge on any atom is -0.277 e. The van der Waals surface area contributed by atoms with Gasteiger partial charge in [0.25, 0.3) is 0 Å². The van der Waals surface area contributed by atoms with Gasteiger partial charge in [-0.1, -0.05) is 53.3 Å². The van der Waals surface area contributed by atoms with Crippen molar-refractivity contribution in [2.75, 3.05) is 0 Å². The summed E-state index contributed by atoms with van der Waals surface area (Å²) >= 11 is 1.20. The van der Waals surface area contributed by atoms with Crippen molar-refractivity contribution in [1.82, 2.24) is 4.98 Å². The predicted octanol–water partition coefficient (Wildman–Crippen LogP) is 3.63. The Labute approximate surface area is 109 Å². The van der Waals surface area contributed by atoms with Gasteiger partial charge in [-0.15, -0.1) is 0 Å². The van der Waals surface area contributed by atoms with E-state index in [4.69, 9.17) is 0 Å². The molecule has 0 bridgehead atoms. The smallest absolute Gasteiger partial charge is 0.243 e. The summed E-state index contributed by atoms with van der Waals surface area (Å²) in [4.78, 5) is 16.6. The third-order valence-corrected chi connectivity index (χ3v) is 3.76. The van der Waals surface area contributed by atoms with E-state index in [1.165, 1.54) is 16.9 Å². The van der Waals surface area contributed by atoms with E-state index in [2.05, 4.69) is 4.98 Å². The molecule has 3 aromatic rings. The molecule has 0 aliphatic carbocycles. The van der Waals surface area contributed by atoms with Gasteiger partial charge in [0.05, 0.1) is 10.9 Å². The second kappa shape index (κ2) is 4.35. The van der Waals surface area contributed by atoms with E-state index in [9.17, 15) is 4.79 Å². The largest absolute Gasteiger partial charge is 0.277 e. The monoisotopic (exact) mass is 253 g/mol. The lowest BCUT2D eigenvalue weighted by molar-refractivity contribution is 1.42. The second-order valence-electron chi connectivity index (χ2n) is 4.19. The number of rotatable bonds is 1. The zero-order valence-corrected chi connectivity index (χ0v) is 10.7. The van der Waals surface area contributed by atoms with Crippen LogP contribution in [0.25, 0.3) is 21.5 Å². The average molecular weight is 253 g/mol. The van der Waals surface area contributed by atoms with Gasteiger partial charge in [0, 0.05) is 5.56 Å². The fourth-order valence-electron chi connectivity index (χ4n) is 1.84. The molecule has 0 amide bonds. The average Bonchev–Trinajstić information content (AvgIpc) is 2.39. The summed E-state index contributed by atoms with van der Waals surface area (Å²) in [5, 5.41) is 1.47. The van der Waals surface area contributed by atoms with Crippen molar-refractivity contribution in [3.05, 3.63) is 63.6 Å². The minimum absolute atomic E-state index is 0.0659. The normalized spacial score (nSPS) is 10.7. The van der Waals surface area contributed by atoms with Crippen molar-refractivity contribution in [1.29, 1.82) is 0 Å². The van der Waals surface area contributed by atoms with Crippen LogP contribution in [0.15, 0.2) is 53.3 Å². The van der Waals surface area contributed by atoms with Crippen molar-refractivity contribution in [3.63, 3.8) is 0 Å². The maximum Gasteiger partial charge on any atom is 0.243 e. The summed E-state index contributed by atoms with van der Waals surface area (Å²) in [7, 11) is 0. The highest BCUT2D eigenvalue weighted by molar-refractivity contribution is 7.13. The Bertz CT molecular complexity index is 759. The standard InChI is InChI=1S/C15H11NOS/c1-10-6-8-11(9-7-10)14-16-13-5-3-2-4-12(13)15(17)18-14/h2-9H,1H3. The molecule has 2 nitrogen and oxygen atoms in total. The molecule has 1 heterocycles. The van der Waals surface area contributed by atoms with Crippen molar-refractivity contribution < 1.29 is 0 Å². The molecule has 0 N–H and O–H groups in total. The Morgan fingerprint density at radius 3 is 2.50 bits per heavy atom. The van der Waals surface area contributed by atoms with Crippen molar-refractivity contribution in [3.8, 4) is 10.6 Å². The Balaban J connectivity index is 2.24. The first-order valence-electron chi connectivity index (χ1n) is 5.71. The number of hydrogen-bond donors (Lipinski definition) is 0. The highest BCUT2D eigenvalue weighted by atomic mass is 32.1. The van der Waals surface area contributed by atoms with E-state index in [-0.39, 0.29) is 4.74 Å². The molecule has 0 aliphatic heterocycles. The first-order valence-corrected chi connectivity index (χ1v) is 6.52. The first-order chi connectivity index (χ1) is 8.74. The van der Waals surface area contributed by atoms with Gasteiger partial charge in [0.2, 0.25) is 4.74 Å². The molecule has 0 saturated heterocycles. The molecule has 0 radical (unpaired) electrons. The number of hydrogen-bond acceptors (Lipinski definition) is 3. The Hall–Kier alpha value is -2.00. The second-order valence-corrected chi connectivity index (χ2v) is 5.15. The molecule has 0 unspecified atom stereocenters. The zero-order chi connectivity index (χ0) is 12.5. The first kappa shape index (κ1) is 11.1. The molecule has 3 heteroatoms. The molecule has 88 valence electrons. The van der Waals surface area contributed by atoms with Crippen LogP contribution >= 0.6 is 11.3 Å². The Morgan fingerprint density at radius 1 is 1.00 bits per heavy atom. The highest BCUT2D eigenvalue weighted by Gasteiger charge is 2.05. The molecule has 0 spiro atoms. The van der Waals surface area contributed by atoms with Crippen molar-refractivity contribution >= 4 is 22.2 Å². The van der Waals surface area contributed by atoms with Crippen LogP contribution in [-0.4, -0.2) is 4.98 Å². The van der Waals surface area contributed by atoms with E-state index in [0.717, 1.165) is 16.1 Å². The van der Waals surface area contributed by atoms with Crippen molar-refractivity contribution in [2.24, 2.45) is 0 Å². The Morgan fingerprint density at radius 2 is 1.72 bits per heavy atom. The molecule has 18 heavy (non-hydrogen) atoms. The van der Waals surface area contributed by atoms with E-state index in [0.29, 0.717) is 5.39 Å². The van der Waals surface area contributed by atoms with E-state index >= 15 is 0 Å². The molecule has 1 aromatic heterocycles. The number of aryl methyl sites for hydroxylation is 1. The van der Waals surface area contributed by atoms with Gasteiger partial charge in [-0.25, -0.2) is 4.98 Å². The molecule has 0 aliphatic rings. The third kappa shape index (κ3) is 1.93. The summed E-state index contributed by atoms with van der Waals surface area (Å²) in [6.45, 7) is 2.04. The van der Waals surface area contributed by atoms with Crippen LogP contribution in [0, 0.1) is 6.92 Å². The van der Waals surface area contributed by atoms with Gasteiger partial charge in [0.15, 0.2) is 0 Å². The molecule has 3 rings (SSSR count). The lowest BCUT2D eigenvalue weighted by atomic mass is 10.1. The fraction of sp³-hybridized carbons (Fsp3) is 0.0667. The topological polar surface area (TPSA) is 30.0 Å².